The highest BCUT2D eigenvalue weighted by Gasteiger charge is 2.12. The van der Waals surface area contributed by atoms with E-state index >= 15 is 0 Å². The molecule has 0 aromatic heterocycles. The average Bonchev–Trinajstić information content (AvgIpc) is 2.54. The third-order valence-electron chi connectivity index (χ3n) is 3.67. The largest absolute Gasteiger partial charge is 0.489 e. The molecule has 0 N–H and O–H groups in total. The van der Waals surface area contributed by atoms with Gasteiger partial charge in [0.05, 0.1) is 0 Å². The first kappa shape index (κ1) is 17.5. The Balaban J connectivity index is 2.16. The molecular formula is C19H21BrO3. The molecule has 3 nitrogen and oxygen atoms in total. The predicted molar refractivity (Wildman–Crippen MR) is 95.0 cm³/mol. The molecule has 122 valence electrons. The van der Waals surface area contributed by atoms with Gasteiger partial charge in [0.1, 0.15) is 18.1 Å². The summed E-state index contributed by atoms with van der Waals surface area (Å²) in [4.78, 5) is 11.6. The lowest BCUT2D eigenvalue weighted by Gasteiger charge is -2.14. The fourth-order valence-corrected chi connectivity index (χ4v) is 2.74. The van der Waals surface area contributed by atoms with E-state index in [0.717, 1.165) is 22.2 Å². The maximum Gasteiger partial charge on any atom is 0.310 e. The molecular weight excluding hydrogens is 356 g/mol. The molecule has 0 unspecified atom stereocenters. The maximum atomic E-state index is 11.6. The van der Waals surface area contributed by atoms with E-state index in [4.69, 9.17) is 9.47 Å². The Kier molecular flexibility index (Phi) is 6.22. The van der Waals surface area contributed by atoms with Crippen LogP contribution in [0.25, 0.3) is 0 Å². The van der Waals surface area contributed by atoms with Crippen molar-refractivity contribution in [1.29, 1.82) is 0 Å². The van der Waals surface area contributed by atoms with Gasteiger partial charge in [0.15, 0.2) is 0 Å². The molecule has 0 fully saturated rings. The SMILES string of the molecule is CCC(=O)Oc1cccc(Br)c1COc1ccc(CC)c(C)c1. The molecule has 0 aliphatic carbocycles. The minimum Gasteiger partial charge on any atom is -0.489 e. The Labute approximate surface area is 145 Å². The van der Waals surface area contributed by atoms with Gasteiger partial charge in [-0.05, 0) is 48.7 Å². The predicted octanol–water partition coefficient (Wildman–Crippen LogP) is 5.21. The van der Waals surface area contributed by atoms with Crippen LogP contribution in [0.4, 0.5) is 0 Å². The molecule has 0 saturated heterocycles. The highest BCUT2D eigenvalue weighted by molar-refractivity contribution is 9.10. The summed E-state index contributed by atoms with van der Waals surface area (Å²) in [6.45, 7) is 6.32. The molecule has 4 heteroatoms. The number of carbonyl (C=O) groups is 1. The zero-order chi connectivity index (χ0) is 16.8. The lowest BCUT2D eigenvalue weighted by molar-refractivity contribution is -0.134. The molecule has 0 bridgehead atoms. The summed E-state index contributed by atoms with van der Waals surface area (Å²) < 4.78 is 12.1. The van der Waals surface area contributed by atoms with Gasteiger partial charge >= 0.3 is 5.97 Å². The lowest BCUT2D eigenvalue weighted by atomic mass is 10.1. The monoisotopic (exact) mass is 376 g/mol. The quantitative estimate of drug-likeness (QED) is 0.512. The molecule has 0 atom stereocenters. The number of carbonyl (C=O) groups excluding carboxylic acids is 1. The van der Waals surface area contributed by atoms with Crippen LogP contribution in [0.2, 0.25) is 0 Å². The standard InChI is InChI=1S/C19H21BrO3/c1-4-14-9-10-15(11-13(14)3)22-12-16-17(20)7-6-8-18(16)23-19(21)5-2/h6-11H,4-5,12H2,1-3H3. The van der Waals surface area contributed by atoms with E-state index in [9.17, 15) is 4.79 Å². The summed E-state index contributed by atoms with van der Waals surface area (Å²) in [5.74, 6) is 1.09. The Bertz CT molecular complexity index is 695. The van der Waals surface area contributed by atoms with Gasteiger partial charge in [0.25, 0.3) is 0 Å². The third kappa shape index (κ3) is 4.58. The number of hydrogen-bond donors (Lipinski definition) is 0. The molecule has 2 rings (SSSR count). The number of benzene rings is 2. The van der Waals surface area contributed by atoms with Crippen LogP contribution < -0.4 is 9.47 Å². The molecule has 0 saturated carbocycles. The molecule has 0 aliphatic heterocycles. The normalized spacial score (nSPS) is 10.4. The van der Waals surface area contributed by atoms with E-state index in [1.807, 2.05) is 24.3 Å². The Hall–Kier alpha value is -1.81. The van der Waals surface area contributed by atoms with Crippen molar-refractivity contribution in [2.24, 2.45) is 0 Å². The van der Waals surface area contributed by atoms with Gasteiger partial charge in [-0.15, -0.1) is 0 Å². The first-order valence-corrected chi connectivity index (χ1v) is 8.54. The first-order chi connectivity index (χ1) is 11.0. The second-order valence-electron chi connectivity index (χ2n) is 5.27. The second-order valence-corrected chi connectivity index (χ2v) is 6.13. The summed E-state index contributed by atoms with van der Waals surface area (Å²) in [7, 11) is 0. The van der Waals surface area contributed by atoms with E-state index < -0.39 is 0 Å². The lowest BCUT2D eigenvalue weighted by Crippen LogP contribution is -2.09. The van der Waals surface area contributed by atoms with Crippen LogP contribution in [0.1, 0.15) is 37.0 Å². The van der Waals surface area contributed by atoms with Crippen LogP contribution in [0.3, 0.4) is 0 Å². The number of aryl methyl sites for hydroxylation is 2. The number of rotatable bonds is 6. The fourth-order valence-electron chi connectivity index (χ4n) is 2.28. The average molecular weight is 377 g/mol. The molecule has 0 radical (unpaired) electrons. The number of ether oxygens (including phenoxy) is 2. The van der Waals surface area contributed by atoms with Crippen LogP contribution in [0, 0.1) is 6.92 Å². The van der Waals surface area contributed by atoms with Gasteiger partial charge in [-0.2, -0.15) is 0 Å². The summed E-state index contributed by atoms with van der Waals surface area (Å²) in [6.07, 6.45) is 1.35. The molecule has 23 heavy (non-hydrogen) atoms. The van der Waals surface area contributed by atoms with Crippen LogP contribution in [-0.4, -0.2) is 5.97 Å². The molecule has 2 aromatic carbocycles. The minimum absolute atomic E-state index is 0.257. The molecule has 0 heterocycles. The van der Waals surface area contributed by atoms with Crippen molar-refractivity contribution in [2.45, 2.75) is 40.2 Å². The minimum atomic E-state index is -0.257. The molecule has 0 amide bonds. The fraction of sp³-hybridized carbons (Fsp3) is 0.316. The smallest absolute Gasteiger partial charge is 0.310 e. The second kappa shape index (κ2) is 8.16. The Morgan fingerprint density at radius 2 is 1.96 bits per heavy atom. The van der Waals surface area contributed by atoms with E-state index in [1.54, 1.807) is 13.0 Å². The highest BCUT2D eigenvalue weighted by Crippen LogP contribution is 2.29. The van der Waals surface area contributed by atoms with Gasteiger partial charge in [-0.25, -0.2) is 0 Å². The third-order valence-corrected chi connectivity index (χ3v) is 4.41. The van der Waals surface area contributed by atoms with Gasteiger partial charge in [-0.1, -0.05) is 41.9 Å². The summed E-state index contributed by atoms with van der Waals surface area (Å²) in [6, 6.07) is 11.6. The van der Waals surface area contributed by atoms with E-state index in [2.05, 4.69) is 35.8 Å². The van der Waals surface area contributed by atoms with Crippen molar-refractivity contribution in [3.05, 3.63) is 57.6 Å². The van der Waals surface area contributed by atoms with Gasteiger partial charge < -0.3 is 9.47 Å². The van der Waals surface area contributed by atoms with Crippen molar-refractivity contribution in [1.82, 2.24) is 0 Å². The van der Waals surface area contributed by atoms with E-state index in [-0.39, 0.29) is 5.97 Å². The first-order valence-electron chi connectivity index (χ1n) is 7.75. The van der Waals surface area contributed by atoms with Crippen molar-refractivity contribution < 1.29 is 14.3 Å². The summed E-state index contributed by atoms with van der Waals surface area (Å²) >= 11 is 3.50. The van der Waals surface area contributed by atoms with Crippen LogP contribution in [0.5, 0.6) is 11.5 Å². The van der Waals surface area contributed by atoms with Gasteiger partial charge in [-0.3, -0.25) is 4.79 Å². The Morgan fingerprint density at radius 3 is 2.61 bits per heavy atom. The van der Waals surface area contributed by atoms with Crippen molar-refractivity contribution >= 4 is 21.9 Å². The molecule has 0 aliphatic rings. The summed E-state index contributed by atoms with van der Waals surface area (Å²) in [5, 5.41) is 0. The van der Waals surface area contributed by atoms with Crippen molar-refractivity contribution in [2.75, 3.05) is 0 Å². The van der Waals surface area contributed by atoms with E-state index in [1.165, 1.54) is 11.1 Å². The van der Waals surface area contributed by atoms with Crippen LogP contribution in [-0.2, 0) is 17.8 Å². The number of halogens is 1. The van der Waals surface area contributed by atoms with Crippen molar-refractivity contribution in [3.8, 4) is 11.5 Å². The van der Waals surface area contributed by atoms with Gasteiger partial charge in [0.2, 0.25) is 0 Å². The maximum absolute atomic E-state index is 11.6. The topological polar surface area (TPSA) is 35.5 Å². The van der Waals surface area contributed by atoms with Gasteiger partial charge in [0, 0.05) is 16.5 Å². The van der Waals surface area contributed by atoms with Crippen LogP contribution >= 0.6 is 15.9 Å². The van der Waals surface area contributed by atoms with Crippen LogP contribution in [0.15, 0.2) is 40.9 Å². The molecule has 2 aromatic rings. The Morgan fingerprint density at radius 1 is 1.17 bits per heavy atom. The number of hydrogen-bond acceptors (Lipinski definition) is 3. The zero-order valence-electron chi connectivity index (χ0n) is 13.7. The number of esters is 1. The summed E-state index contributed by atoms with van der Waals surface area (Å²) in [5.41, 5.74) is 3.36. The highest BCUT2D eigenvalue weighted by atomic mass is 79.9. The van der Waals surface area contributed by atoms with E-state index in [0.29, 0.717) is 18.8 Å². The zero-order valence-corrected chi connectivity index (χ0v) is 15.3. The molecule has 0 spiro atoms. The van der Waals surface area contributed by atoms with Crippen molar-refractivity contribution in [3.63, 3.8) is 0 Å².